The van der Waals surface area contributed by atoms with Gasteiger partial charge in [-0.05, 0) is 63.5 Å². The molecule has 1 saturated carbocycles. The Kier molecular flexibility index (Phi) is 7.58. The van der Waals surface area contributed by atoms with Gasteiger partial charge in [0.25, 0.3) is 0 Å². The summed E-state index contributed by atoms with van der Waals surface area (Å²) in [4.78, 5) is 18.8. The van der Waals surface area contributed by atoms with Crippen molar-refractivity contribution in [3.05, 3.63) is 41.5 Å². The van der Waals surface area contributed by atoms with E-state index in [1.807, 2.05) is 7.05 Å². The lowest BCUT2D eigenvalue weighted by Gasteiger charge is -2.25. The summed E-state index contributed by atoms with van der Waals surface area (Å²) in [5, 5.41) is 1.16. The third-order valence-electron chi connectivity index (χ3n) is 6.56. The van der Waals surface area contributed by atoms with Crippen LogP contribution in [-0.2, 0) is 0 Å². The Bertz CT molecular complexity index is 970. The first-order valence-electron chi connectivity index (χ1n) is 12.0. The predicted molar refractivity (Wildman–Crippen MR) is 133 cm³/mol. The van der Waals surface area contributed by atoms with Crippen molar-refractivity contribution in [1.29, 1.82) is 0 Å². The fraction of sp³-hybridized carbons (Fsp3) is 0.560. The number of nitrogens with one attached hydrogen (secondary N) is 2. The smallest absolute Gasteiger partial charge is 0.139 e. The summed E-state index contributed by atoms with van der Waals surface area (Å²) in [5.74, 6) is 2.28. The number of benzene rings is 1. The van der Waals surface area contributed by atoms with E-state index in [9.17, 15) is 0 Å². The minimum Gasteiger partial charge on any atom is -0.359 e. The molecule has 0 radical (unpaired) electrons. The number of aliphatic imine (C=N–C) groups is 1. The molecule has 2 N–H and O–H groups in total. The first kappa shape index (κ1) is 22.5. The molecule has 172 valence electrons. The van der Waals surface area contributed by atoms with E-state index in [1.54, 1.807) is 6.33 Å². The van der Waals surface area contributed by atoms with Crippen LogP contribution in [-0.4, -0.2) is 60.9 Å². The Hall–Kier alpha value is -2.67. The molecule has 2 heterocycles. The van der Waals surface area contributed by atoms with Gasteiger partial charge in [-0.2, -0.15) is 0 Å². The summed E-state index contributed by atoms with van der Waals surface area (Å²) in [5.41, 5.74) is 11.5. The number of rotatable bonds is 9. The summed E-state index contributed by atoms with van der Waals surface area (Å²) < 4.78 is 0. The molecule has 0 spiro atoms. The maximum absolute atomic E-state index is 5.03. The normalized spacial score (nSPS) is 19.2. The van der Waals surface area contributed by atoms with Crippen LogP contribution in [0.4, 0.5) is 5.82 Å². The molecule has 0 amide bonds. The molecular weight excluding hydrogens is 398 g/mol. The number of likely N-dealkylation sites (tertiary alicyclic amines) is 1. The zero-order valence-corrected chi connectivity index (χ0v) is 19.8. The Labute approximate surface area is 192 Å². The third kappa shape index (κ3) is 5.04. The monoisotopic (exact) mass is 435 g/mol. The average Bonchev–Trinajstić information content (AvgIpc) is 3.49. The number of allylic oxidation sites excluding steroid dienone is 1. The van der Waals surface area contributed by atoms with Gasteiger partial charge in [-0.15, -0.1) is 0 Å². The summed E-state index contributed by atoms with van der Waals surface area (Å²) in [7, 11) is 4.07. The van der Waals surface area contributed by atoms with Gasteiger partial charge in [0.2, 0.25) is 0 Å². The van der Waals surface area contributed by atoms with Crippen LogP contribution in [0.25, 0.3) is 10.9 Å². The number of hydrazine groups is 1. The second-order valence-electron chi connectivity index (χ2n) is 8.87. The van der Waals surface area contributed by atoms with Crippen molar-refractivity contribution < 1.29 is 0 Å². The van der Waals surface area contributed by atoms with Crippen LogP contribution >= 0.6 is 0 Å². The van der Waals surface area contributed by atoms with Gasteiger partial charge >= 0.3 is 0 Å². The number of nitrogens with zero attached hydrogens (tertiary/aromatic N) is 5. The first-order chi connectivity index (χ1) is 15.7. The van der Waals surface area contributed by atoms with Gasteiger partial charge < -0.3 is 15.2 Å². The lowest BCUT2D eigenvalue weighted by Crippen LogP contribution is -2.38. The molecule has 1 saturated heterocycles. The molecule has 1 aromatic carbocycles. The number of anilines is 1. The van der Waals surface area contributed by atoms with Gasteiger partial charge in [0.15, 0.2) is 0 Å². The molecule has 1 aromatic heterocycles. The Balaban J connectivity index is 1.35. The Morgan fingerprint density at radius 2 is 1.97 bits per heavy atom. The summed E-state index contributed by atoms with van der Waals surface area (Å²) >= 11 is 0. The number of fused-ring (bicyclic) bond motifs is 1. The van der Waals surface area contributed by atoms with Crippen molar-refractivity contribution in [2.24, 2.45) is 4.99 Å². The summed E-state index contributed by atoms with van der Waals surface area (Å²) in [6.07, 6.45) is 9.85. The minimum absolute atomic E-state index is 0.892. The molecule has 32 heavy (non-hydrogen) atoms. The molecule has 4 rings (SSSR count). The van der Waals surface area contributed by atoms with E-state index in [0.717, 1.165) is 68.6 Å². The zero-order valence-electron chi connectivity index (χ0n) is 19.8. The van der Waals surface area contributed by atoms with Crippen LogP contribution in [0, 0.1) is 6.92 Å². The molecule has 7 heteroatoms. The van der Waals surface area contributed by atoms with E-state index in [2.05, 4.69) is 62.8 Å². The van der Waals surface area contributed by atoms with E-state index < -0.39 is 0 Å². The van der Waals surface area contributed by atoms with Crippen molar-refractivity contribution in [3.63, 3.8) is 0 Å². The quantitative estimate of drug-likeness (QED) is 0.461. The van der Waals surface area contributed by atoms with E-state index in [1.165, 1.54) is 41.9 Å². The first-order valence-corrected chi connectivity index (χ1v) is 12.0. The highest BCUT2D eigenvalue weighted by molar-refractivity contribution is 6.02. The molecule has 0 atom stereocenters. The molecule has 0 bridgehead atoms. The zero-order chi connectivity index (χ0) is 22.3. The molecule has 0 unspecified atom stereocenters. The standard InChI is InChI=1S/C25H37N7/c1-19-10-8-13-22-23(19)25(29-18-28-22)31(3)15-5-4-14-27-21-12-9-11-20(21)24(30-26-2)32-16-6-7-17-32/h8,10,13,18,26,30H,4-7,9,11-12,14-17H2,1-3H3/b24-20+,27-21?. The molecular formula is C25H37N7. The molecule has 2 aliphatic rings. The largest absolute Gasteiger partial charge is 0.359 e. The molecule has 1 aliphatic heterocycles. The average molecular weight is 436 g/mol. The van der Waals surface area contributed by atoms with Crippen LogP contribution in [0.5, 0.6) is 0 Å². The maximum atomic E-state index is 5.03. The van der Waals surface area contributed by atoms with Crippen molar-refractivity contribution in [2.75, 3.05) is 45.2 Å². The lowest BCUT2D eigenvalue weighted by molar-refractivity contribution is 0.371. The van der Waals surface area contributed by atoms with Gasteiger partial charge in [0.05, 0.1) is 5.52 Å². The molecule has 2 aromatic rings. The number of hydrogen-bond donors (Lipinski definition) is 2. The van der Waals surface area contributed by atoms with E-state index in [-0.39, 0.29) is 0 Å². The van der Waals surface area contributed by atoms with Gasteiger partial charge in [-0.25, -0.2) is 15.4 Å². The second-order valence-corrected chi connectivity index (χ2v) is 8.87. The summed E-state index contributed by atoms with van der Waals surface area (Å²) in [6, 6.07) is 6.25. The van der Waals surface area contributed by atoms with Crippen LogP contribution < -0.4 is 15.8 Å². The maximum Gasteiger partial charge on any atom is 0.139 e. The van der Waals surface area contributed by atoms with E-state index >= 15 is 0 Å². The van der Waals surface area contributed by atoms with Crippen molar-refractivity contribution in [2.45, 2.75) is 51.9 Å². The second kappa shape index (κ2) is 10.8. The van der Waals surface area contributed by atoms with Crippen molar-refractivity contribution in [3.8, 4) is 0 Å². The van der Waals surface area contributed by atoms with Gasteiger partial charge in [0.1, 0.15) is 18.0 Å². The van der Waals surface area contributed by atoms with Crippen LogP contribution in [0.15, 0.2) is 40.9 Å². The number of aromatic nitrogens is 2. The highest BCUT2D eigenvalue weighted by atomic mass is 15.4. The Morgan fingerprint density at radius 1 is 1.12 bits per heavy atom. The summed E-state index contributed by atoms with van der Waals surface area (Å²) in [6.45, 7) is 6.28. The van der Waals surface area contributed by atoms with Crippen LogP contribution in [0.1, 0.15) is 50.5 Å². The highest BCUT2D eigenvalue weighted by Gasteiger charge is 2.24. The highest BCUT2D eigenvalue weighted by Crippen LogP contribution is 2.28. The SMILES string of the molecule is CNN/C(=C1/CCCC1=NCCCCN(C)c1ncnc2cccc(C)c12)N1CCCC1. The number of hydrogen-bond acceptors (Lipinski definition) is 7. The van der Waals surface area contributed by atoms with Gasteiger partial charge in [-0.1, -0.05) is 12.1 Å². The molecule has 2 fully saturated rings. The lowest BCUT2D eigenvalue weighted by atomic mass is 10.1. The predicted octanol–water partition coefficient (Wildman–Crippen LogP) is 3.81. The van der Waals surface area contributed by atoms with Crippen molar-refractivity contribution >= 4 is 22.4 Å². The van der Waals surface area contributed by atoms with E-state index in [0.29, 0.717) is 0 Å². The topological polar surface area (TPSA) is 68.7 Å². The van der Waals surface area contributed by atoms with Crippen LogP contribution in [0.2, 0.25) is 0 Å². The fourth-order valence-electron chi connectivity index (χ4n) is 4.89. The molecule has 7 nitrogen and oxygen atoms in total. The fourth-order valence-corrected chi connectivity index (χ4v) is 4.89. The van der Waals surface area contributed by atoms with Crippen LogP contribution in [0.3, 0.4) is 0 Å². The van der Waals surface area contributed by atoms with Gasteiger partial charge in [0, 0.05) is 56.9 Å². The van der Waals surface area contributed by atoms with E-state index in [4.69, 9.17) is 4.99 Å². The van der Waals surface area contributed by atoms with Gasteiger partial charge in [-0.3, -0.25) is 4.99 Å². The van der Waals surface area contributed by atoms with Crippen molar-refractivity contribution in [1.82, 2.24) is 25.7 Å². The Morgan fingerprint density at radius 3 is 2.78 bits per heavy atom. The number of aryl methyl sites for hydroxylation is 1. The third-order valence-corrected chi connectivity index (χ3v) is 6.56. The minimum atomic E-state index is 0.892. The number of unbranched alkanes of at least 4 members (excludes halogenated alkanes) is 1. The molecule has 1 aliphatic carbocycles.